The Bertz CT molecular complexity index is 1410. The van der Waals surface area contributed by atoms with E-state index in [4.69, 9.17) is 0 Å². The smallest absolute Gasteiger partial charge is 0.254 e. The summed E-state index contributed by atoms with van der Waals surface area (Å²) < 4.78 is 0. The van der Waals surface area contributed by atoms with Crippen molar-refractivity contribution in [3.63, 3.8) is 0 Å². The molecule has 2 heterocycles. The van der Waals surface area contributed by atoms with Crippen LogP contribution in [0.1, 0.15) is 63.5 Å². The van der Waals surface area contributed by atoms with E-state index in [1.165, 1.54) is 11.1 Å². The molecule has 1 aliphatic heterocycles. The summed E-state index contributed by atoms with van der Waals surface area (Å²) in [6.07, 6.45) is 4.96. The van der Waals surface area contributed by atoms with Crippen LogP contribution in [0.15, 0.2) is 79.0 Å². The zero-order valence-corrected chi connectivity index (χ0v) is 19.1. The number of para-hydroxylation sites is 1. The fourth-order valence-electron chi connectivity index (χ4n) is 5.85. The minimum absolute atomic E-state index is 0.0174. The maximum Gasteiger partial charge on any atom is 0.254 e. The molecule has 1 aromatic heterocycles. The standard InChI is InChI=1S/C29H27N3O2/c1-32-27(23-17-30-24-15-7-6-12-20(23)24)26(21-13-4-5-14-22(21)29(32)34)28(33)31-25-16-8-10-18-9-2-3-11-19(18)25/h2-7,9,11-15,17,25-27,30H,8,10,16H2,1H3,(H,31,33). The first-order valence-corrected chi connectivity index (χ1v) is 11.9. The van der Waals surface area contributed by atoms with Crippen LogP contribution >= 0.6 is 0 Å². The van der Waals surface area contributed by atoms with Crippen molar-refractivity contribution in [2.24, 2.45) is 0 Å². The Kier molecular flexibility index (Phi) is 4.98. The number of rotatable bonds is 3. The van der Waals surface area contributed by atoms with Crippen molar-refractivity contribution in [3.05, 3.63) is 107 Å². The molecule has 0 bridgehead atoms. The van der Waals surface area contributed by atoms with Gasteiger partial charge in [-0.05, 0) is 48.1 Å². The van der Waals surface area contributed by atoms with Crippen LogP contribution in [0.2, 0.25) is 0 Å². The average Bonchev–Trinajstić information content (AvgIpc) is 3.30. The molecule has 0 saturated heterocycles. The van der Waals surface area contributed by atoms with E-state index in [9.17, 15) is 9.59 Å². The van der Waals surface area contributed by atoms with Crippen molar-refractivity contribution < 1.29 is 9.59 Å². The number of hydrogen-bond acceptors (Lipinski definition) is 2. The molecule has 170 valence electrons. The van der Waals surface area contributed by atoms with Crippen molar-refractivity contribution in [2.45, 2.75) is 37.3 Å². The van der Waals surface area contributed by atoms with E-state index in [2.05, 4.69) is 28.5 Å². The predicted octanol–water partition coefficient (Wildman–Crippen LogP) is 5.27. The second kappa shape index (κ2) is 8.17. The summed E-state index contributed by atoms with van der Waals surface area (Å²) >= 11 is 0. The van der Waals surface area contributed by atoms with Gasteiger partial charge < -0.3 is 15.2 Å². The first-order valence-electron chi connectivity index (χ1n) is 11.9. The number of amides is 2. The Hall–Kier alpha value is -3.86. The Morgan fingerprint density at radius 1 is 0.941 bits per heavy atom. The Balaban J connectivity index is 1.45. The number of nitrogens with zero attached hydrogens (tertiary/aromatic N) is 1. The van der Waals surface area contributed by atoms with Gasteiger partial charge in [-0.2, -0.15) is 0 Å². The zero-order chi connectivity index (χ0) is 23.2. The third kappa shape index (κ3) is 3.23. The van der Waals surface area contributed by atoms with Gasteiger partial charge in [0.2, 0.25) is 5.91 Å². The molecule has 6 rings (SSSR count). The van der Waals surface area contributed by atoms with Gasteiger partial charge in [0, 0.05) is 35.3 Å². The second-order valence-corrected chi connectivity index (χ2v) is 9.37. The van der Waals surface area contributed by atoms with E-state index < -0.39 is 12.0 Å². The SMILES string of the molecule is CN1C(=O)c2ccccc2C(C(=O)NC2CCCc3ccccc32)C1c1c[nH]c2ccccc12. The highest BCUT2D eigenvalue weighted by atomic mass is 16.2. The largest absolute Gasteiger partial charge is 0.361 e. The van der Waals surface area contributed by atoms with Gasteiger partial charge in [-0.3, -0.25) is 9.59 Å². The van der Waals surface area contributed by atoms with Crippen LogP contribution in [0.25, 0.3) is 10.9 Å². The van der Waals surface area contributed by atoms with Crippen LogP contribution < -0.4 is 5.32 Å². The molecule has 3 atom stereocenters. The molecular weight excluding hydrogens is 422 g/mol. The molecule has 1 aliphatic carbocycles. The topological polar surface area (TPSA) is 65.2 Å². The summed E-state index contributed by atoms with van der Waals surface area (Å²) in [5.41, 5.74) is 5.87. The fraction of sp³-hybridized carbons (Fsp3) is 0.241. The third-order valence-electron chi connectivity index (χ3n) is 7.49. The molecule has 3 unspecified atom stereocenters. The minimum Gasteiger partial charge on any atom is -0.361 e. The lowest BCUT2D eigenvalue weighted by Crippen LogP contribution is -2.46. The minimum atomic E-state index is -0.507. The van der Waals surface area contributed by atoms with Gasteiger partial charge in [-0.1, -0.05) is 60.7 Å². The van der Waals surface area contributed by atoms with Crippen LogP contribution in [0.3, 0.4) is 0 Å². The summed E-state index contributed by atoms with van der Waals surface area (Å²) in [5.74, 6) is -0.603. The maximum atomic E-state index is 14.1. The Morgan fingerprint density at radius 2 is 1.68 bits per heavy atom. The van der Waals surface area contributed by atoms with Gasteiger partial charge in [0.05, 0.1) is 18.0 Å². The summed E-state index contributed by atoms with van der Waals surface area (Å²) in [7, 11) is 1.81. The molecule has 5 nitrogen and oxygen atoms in total. The number of H-pyrrole nitrogens is 1. The summed E-state index contributed by atoms with van der Waals surface area (Å²) in [4.78, 5) is 32.5. The molecule has 5 heteroatoms. The molecule has 2 N–H and O–H groups in total. The van der Waals surface area contributed by atoms with Crippen LogP contribution in [0, 0.1) is 0 Å². The average molecular weight is 450 g/mol. The quantitative estimate of drug-likeness (QED) is 0.447. The van der Waals surface area contributed by atoms with E-state index in [0.717, 1.165) is 41.3 Å². The molecule has 0 spiro atoms. The van der Waals surface area contributed by atoms with E-state index in [1.54, 1.807) is 11.9 Å². The number of benzene rings is 3. The lowest BCUT2D eigenvalue weighted by Gasteiger charge is -2.40. The highest BCUT2D eigenvalue weighted by Crippen LogP contribution is 2.44. The van der Waals surface area contributed by atoms with Crippen molar-refractivity contribution >= 4 is 22.7 Å². The van der Waals surface area contributed by atoms with Crippen molar-refractivity contribution in [3.8, 4) is 0 Å². The number of fused-ring (bicyclic) bond motifs is 3. The molecule has 0 radical (unpaired) electrons. The lowest BCUT2D eigenvalue weighted by atomic mass is 9.78. The number of aryl methyl sites for hydroxylation is 1. The zero-order valence-electron chi connectivity index (χ0n) is 19.1. The molecule has 0 fully saturated rings. The number of carbonyl (C=O) groups is 2. The second-order valence-electron chi connectivity index (χ2n) is 9.37. The van der Waals surface area contributed by atoms with Crippen LogP contribution in [0.5, 0.6) is 0 Å². The fourth-order valence-corrected chi connectivity index (χ4v) is 5.85. The van der Waals surface area contributed by atoms with E-state index in [0.29, 0.717) is 5.56 Å². The lowest BCUT2D eigenvalue weighted by molar-refractivity contribution is -0.125. The first-order chi connectivity index (χ1) is 16.6. The van der Waals surface area contributed by atoms with Gasteiger partial charge in [-0.25, -0.2) is 0 Å². The van der Waals surface area contributed by atoms with Crippen LogP contribution in [0.4, 0.5) is 0 Å². The monoisotopic (exact) mass is 449 g/mol. The van der Waals surface area contributed by atoms with Gasteiger partial charge in [-0.15, -0.1) is 0 Å². The summed E-state index contributed by atoms with van der Waals surface area (Å²) in [6.45, 7) is 0. The highest BCUT2D eigenvalue weighted by Gasteiger charge is 2.44. The number of aromatic amines is 1. The van der Waals surface area contributed by atoms with Gasteiger partial charge in [0.15, 0.2) is 0 Å². The molecule has 3 aromatic carbocycles. The maximum absolute atomic E-state index is 14.1. The van der Waals surface area contributed by atoms with E-state index in [-0.39, 0.29) is 17.9 Å². The molecule has 2 amide bonds. The summed E-state index contributed by atoms with van der Waals surface area (Å²) in [5, 5.41) is 4.41. The number of likely N-dealkylation sites (N-methyl/N-ethyl adjacent to an activating group) is 1. The highest BCUT2D eigenvalue weighted by molar-refractivity contribution is 6.02. The first kappa shape index (κ1) is 20.7. The molecule has 0 saturated carbocycles. The number of nitrogens with one attached hydrogen (secondary N) is 2. The predicted molar refractivity (Wildman–Crippen MR) is 133 cm³/mol. The molecular formula is C29H27N3O2. The van der Waals surface area contributed by atoms with Crippen molar-refractivity contribution in [1.82, 2.24) is 15.2 Å². The molecule has 4 aromatic rings. The molecule has 2 aliphatic rings. The third-order valence-corrected chi connectivity index (χ3v) is 7.49. The van der Waals surface area contributed by atoms with Crippen molar-refractivity contribution in [1.29, 1.82) is 0 Å². The van der Waals surface area contributed by atoms with E-state index >= 15 is 0 Å². The number of aromatic nitrogens is 1. The number of hydrogen-bond donors (Lipinski definition) is 2. The van der Waals surface area contributed by atoms with Gasteiger partial charge in [0.1, 0.15) is 0 Å². The molecule has 34 heavy (non-hydrogen) atoms. The van der Waals surface area contributed by atoms with Crippen molar-refractivity contribution in [2.75, 3.05) is 7.05 Å². The number of carbonyl (C=O) groups excluding carboxylic acids is 2. The Morgan fingerprint density at radius 3 is 2.56 bits per heavy atom. The van der Waals surface area contributed by atoms with Crippen LogP contribution in [-0.2, 0) is 11.2 Å². The summed E-state index contributed by atoms with van der Waals surface area (Å²) in [6, 6.07) is 23.6. The van der Waals surface area contributed by atoms with Crippen LogP contribution in [-0.4, -0.2) is 28.7 Å². The van der Waals surface area contributed by atoms with Gasteiger partial charge in [0.25, 0.3) is 5.91 Å². The van der Waals surface area contributed by atoms with E-state index in [1.807, 2.05) is 60.8 Å². The normalized spacial score (nSPS) is 21.7. The van der Waals surface area contributed by atoms with Gasteiger partial charge >= 0.3 is 0 Å². The Labute approximate surface area is 198 Å².